The molecule has 1 aliphatic rings. The molecule has 6 nitrogen and oxygen atoms in total. The summed E-state index contributed by atoms with van der Waals surface area (Å²) in [5, 5.41) is 7.98. The third-order valence-corrected chi connectivity index (χ3v) is 6.06. The van der Waals surface area contributed by atoms with E-state index in [1.807, 2.05) is 55.1 Å². The van der Waals surface area contributed by atoms with E-state index in [2.05, 4.69) is 0 Å². The molecule has 0 aliphatic carbocycles. The number of methoxy groups -OCH3 is 1. The van der Waals surface area contributed by atoms with Crippen molar-refractivity contribution < 1.29 is 14.3 Å². The van der Waals surface area contributed by atoms with E-state index < -0.39 is 5.41 Å². The summed E-state index contributed by atoms with van der Waals surface area (Å²) in [7, 11) is 1.64. The highest BCUT2D eigenvalue weighted by molar-refractivity contribution is 6.03. The van der Waals surface area contributed by atoms with Gasteiger partial charge in [0.05, 0.1) is 24.7 Å². The number of anilines is 1. The minimum atomic E-state index is -0.618. The predicted octanol–water partition coefficient (Wildman–Crippen LogP) is 4.26. The molecule has 0 radical (unpaired) electrons. The molecular weight excluding hydrogens is 390 g/mol. The molecule has 1 saturated heterocycles. The number of rotatable bonds is 7. The maximum Gasteiger partial charge on any atom is 0.232 e. The average Bonchev–Trinajstić information content (AvgIpc) is 2.77. The van der Waals surface area contributed by atoms with Gasteiger partial charge in [0.2, 0.25) is 5.91 Å². The summed E-state index contributed by atoms with van der Waals surface area (Å²) in [6.07, 6.45) is 1.96. The van der Waals surface area contributed by atoms with E-state index in [0.29, 0.717) is 35.9 Å². The van der Waals surface area contributed by atoms with Gasteiger partial charge in [-0.1, -0.05) is 18.2 Å². The Balaban J connectivity index is 1.67. The summed E-state index contributed by atoms with van der Waals surface area (Å²) in [6, 6.07) is 13.2. The van der Waals surface area contributed by atoms with Gasteiger partial charge in [-0.25, -0.2) is 0 Å². The smallest absolute Gasteiger partial charge is 0.232 e. The van der Waals surface area contributed by atoms with Crippen molar-refractivity contribution in [3.05, 3.63) is 53.6 Å². The molecule has 0 saturated carbocycles. The number of hydrogen-bond acceptors (Lipinski definition) is 5. The number of piperidine rings is 1. The second-order valence-electron chi connectivity index (χ2n) is 8.77. The Bertz CT molecular complexity index is 938. The number of nitrogens with one attached hydrogen (secondary N) is 1. The van der Waals surface area contributed by atoms with Crippen molar-refractivity contribution >= 4 is 17.3 Å². The lowest BCUT2D eigenvalue weighted by Gasteiger charge is -2.38. The van der Waals surface area contributed by atoms with E-state index >= 15 is 0 Å². The van der Waals surface area contributed by atoms with Crippen molar-refractivity contribution in [3.8, 4) is 11.5 Å². The molecule has 0 bridgehead atoms. The van der Waals surface area contributed by atoms with Gasteiger partial charge in [-0.05, 0) is 63.4 Å². The maximum absolute atomic E-state index is 13.4. The second-order valence-corrected chi connectivity index (χ2v) is 8.77. The summed E-state index contributed by atoms with van der Waals surface area (Å²) in [6.45, 7) is 7.58. The van der Waals surface area contributed by atoms with E-state index in [9.17, 15) is 4.79 Å². The van der Waals surface area contributed by atoms with E-state index in [1.54, 1.807) is 20.1 Å². The highest BCUT2D eigenvalue weighted by Crippen LogP contribution is 2.30. The number of hydrogen-bond donors (Lipinski definition) is 2. The van der Waals surface area contributed by atoms with Crippen molar-refractivity contribution in [2.45, 2.75) is 39.0 Å². The normalized spacial score (nSPS) is 16.6. The van der Waals surface area contributed by atoms with Crippen LogP contribution in [0.3, 0.4) is 0 Å². The Morgan fingerprint density at radius 1 is 1.23 bits per heavy atom. The van der Waals surface area contributed by atoms with Crippen LogP contribution in [0.25, 0.3) is 0 Å². The Morgan fingerprint density at radius 2 is 1.94 bits per heavy atom. The Kier molecular flexibility index (Phi) is 6.88. The van der Waals surface area contributed by atoms with Gasteiger partial charge in [0.1, 0.15) is 11.5 Å². The molecule has 3 rings (SSSR count). The van der Waals surface area contributed by atoms with Crippen LogP contribution in [0, 0.1) is 11.3 Å². The number of carbonyl (C=O) groups excluding carboxylic acids is 1. The number of likely N-dealkylation sites (tertiary alicyclic amines) is 1. The zero-order chi connectivity index (χ0) is 22.6. The highest BCUT2D eigenvalue weighted by Gasteiger charge is 2.36. The van der Waals surface area contributed by atoms with Gasteiger partial charge in [0, 0.05) is 30.4 Å². The van der Waals surface area contributed by atoms with Gasteiger partial charge in [0.25, 0.3) is 0 Å². The first-order valence-electron chi connectivity index (χ1n) is 10.7. The summed E-state index contributed by atoms with van der Waals surface area (Å²) in [5.74, 6) is 1.78. The Morgan fingerprint density at radius 3 is 2.58 bits per heavy atom. The number of carbonyl (C=O) groups is 1. The van der Waals surface area contributed by atoms with Gasteiger partial charge in [0.15, 0.2) is 0 Å². The predicted molar refractivity (Wildman–Crippen MR) is 124 cm³/mol. The number of nitrogens with two attached hydrogens (primary N) is 1. The van der Waals surface area contributed by atoms with Gasteiger partial charge in [-0.2, -0.15) is 0 Å². The van der Waals surface area contributed by atoms with Gasteiger partial charge in [-0.15, -0.1) is 0 Å². The van der Waals surface area contributed by atoms with Gasteiger partial charge < -0.3 is 25.5 Å². The quantitative estimate of drug-likeness (QED) is 0.514. The van der Waals surface area contributed by atoms with Crippen LogP contribution >= 0.6 is 0 Å². The molecule has 166 valence electrons. The third kappa shape index (κ3) is 5.01. The number of nitrogen functional groups attached to an aromatic ring is 1. The van der Waals surface area contributed by atoms with Crippen LogP contribution in [0.5, 0.6) is 11.5 Å². The van der Waals surface area contributed by atoms with Crippen LogP contribution in [-0.2, 0) is 10.2 Å². The number of ether oxygens (including phenoxy) is 2. The molecule has 2 aromatic carbocycles. The molecular formula is C25H33N3O3. The van der Waals surface area contributed by atoms with Crippen molar-refractivity contribution in [3.63, 3.8) is 0 Å². The monoisotopic (exact) mass is 423 g/mol. The summed E-state index contributed by atoms with van der Waals surface area (Å²) in [5.41, 5.74) is 7.97. The first kappa shape index (κ1) is 22.7. The molecule has 3 N–H and O–H groups in total. The van der Waals surface area contributed by atoms with Crippen LogP contribution in [-0.4, -0.2) is 43.3 Å². The number of nitrogens with zero attached hydrogens (tertiary/aromatic N) is 1. The van der Waals surface area contributed by atoms with Crippen LogP contribution in [0.2, 0.25) is 0 Å². The fourth-order valence-corrected chi connectivity index (χ4v) is 4.19. The lowest BCUT2D eigenvalue weighted by molar-refractivity contribution is -0.138. The van der Waals surface area contributed by atoms with Crippen LogP contribution < -0.4 is 15.2 Å². The molecule has 1 heterocycles. The van der Waals surface area contributed by atoms with Crippen molar-refractivity contribution in [2.24, 2.45) is 5.92 Å². The molecule has 1 unspecified atom stereocenters. The fourth-order valence-electron chi connectivity index (χ4n) is 4.19. The van der Waals surface area contributed by atoms with Crippen molar-refractivity contribution in [1.29, 1.82) is 5.41 Å². The summed E-state index contributed by atoms with van der Waals surface area (Å²) >= 11 is 0. The standard InChI is InChI=1S/C25H33N3O3/c1-17(26)23-21(27)8-5-9-22(23)31-16-18-7-6-14-28(15-18)24(29)25(2,3)19-10-12-20(30-4)13-11-19/h5,8-13,18,26H,6-7,14-16,27H2,1-4H3. The van der Waals surface area contributed by atoms with E-state index in [4.69, 9.17) is 20.6 Å². The Hall–Kier alpha value is -3.02. The summed E-state index contributed by atoms with van der Waals surface area (Å²) in [4.78, 5) is 15.4. The number of benzene rings is 2. The molecule has 31 heavy (non-hydrogen) atoms. The third-order valence-electron chi connectivity index (χ3n) is 6.06. The second kappa shape index (κ2) is 9.41. The Labute approximate surface area is 184 Å². The number of amides is 1. The van der Waals surface area contributed by atoms with Crippen LogP contribution in [0.4, 0.5) is 5.69 Å². The first-order chi connectivity index (χ1) is 14.7. The molecule has 1 fully saturated rings. The van der Waals surface area contributed by atoms with E-state index in [0.717, 1.165) is 30.7 Å². The minimum Gasteiger partial charge on any atom is -0.497 e. The molecule has 2 aromatic rings. The zero-order valence-electron chi connectivity index (χ0n) is 18.9. The minimum absolute atomic E-state index is 0.127. The zero-order valence-corrected chi connectivity index (χ0v) is 18.9. The largest absolute Gasteiger partial charge is 0.497 e. The lowest BCUT2D eigenvalue weighted by atomic mass is 9.82. The van der Waals surface area contributed by atoms with Gasteiger partial charge >= 0.3 is 0 Å². The lowest BCUT2D eigenvalue weighted by Crippen LogP contribution is -2.48. The maximum atomic E-state index is 13.4. The molecule has 0 spiro atoms. The van der Waals surface area contributed by atoms with Crippen molar-refractivity contribution in [2.75, 3.05) is 32.5 Å². The molecule has 6 heteroatoms. The average molecular weight is 424 g/mol. The SMILES string of the molecule is COc1ccc(C(C)(C)C(=O)N2CCCC(COc3cccc(N)c3C(C)=N)C2)cc1. The molecule has 1 amide bonds. The topological polar surface area (TPSA) is 88.6 Å². The van der Waals surface area contributed by atoms with Gasteiger partial charge in [-0.3, -0.25) is 4.79 Å². The molecule has 1 aliphatic heterocycles. The van der Waals surface area contributed by atoms with Crippen LogP contribution in [0.1, 0.15) is 44.7 Å². The molecule has 0 aromatic heterocycles. The summed E-state index contributed by atoms with van der Waals surface area (Å²) < 4.78 is 11.3. The van der Waals surface area contributed by atoms with E-state index in [-0.39, 0.29) is 11.8 Å². The molecule has 1 atom stereocenters. The highest BCUT2D eigenvalue weighted by atomic mass is 16.5. The van der Waals surface area contributed by atoms with Crippen molar-refractivity contribution in [1.82, 2.24) is 4.90 Å². The van der Waals surface area contributed by atoms with E-state index in [1.165, 1.54) is 0 Å². The first-order valence-corrected chi connectivity index (χ1v) is 10.7. The fraction of sp³-hybridized carbons (Fsp3) is 0.440. The van der Waals surface area contributed by atoms with Crippen LogP contribution in [0.15, 0.2) is 42.5 Å².